The van der Waals surface area contributed by atoms with Crippen LogP contribution in [-0.2, 0) is 0 Å². The number of halogens is 1. The van der Waals surface area contributed by atoms with Crippen LogP contribution < -0.4 is 4.90 Å². The number of nitrogens with zero attached hydrogens (tertiary/aromatic N) is 1. The van der Waals surface area contributed by atoms with Gasteiger partial charge in [0.25, 0.3) is 0 Å². The number of aromatic nitrogens is 1. The third-order valence-corrected chi connectivity index (χ3v) is 6.48. The largest absolute Gasteiger partial charge is 0.354 e. The van der Waals surface area contributed by atoms with E-state index in [0.29, 0.717) is 0 Å². The highest BCUT2D eigenvalue weighted by Crippen LogP contribution is 2.44. The van der Waals surface area contributed by atoms with E-state index in [-0.39, 0.29) is 0 Å². The van der Waals surface area contributed by atoms with Gasteiger partial charge in [-0.2, -0.15) is 0 Å². The van der Waals surface area contributed by atoms with Gasteiger partial charge in [-0.15, -0.1) is 0 Å². The Morgan fingerprint density at radius 2 is 1.09 bits per heavy atom. The summed E-state index contributed by atoms with van der Waals surface area (Å²) in [4.78, 5) is 5.82. The Hall–Kier alpha value is -4.01. The van der Waals surface area contributed by atoms with Gasteiger partial charge < -0.3 is 9.88 Å². The summed E-state index contributed by atoms with van der Waals surface area (Å²) in [6.07, 6.45) is 0. The fraction of sp³-hybridized carbons (Fsp3) is 0. The van der Waals surface area contributed by atoms with Gasteiger partial charge in [0.1, 0.15) is 0 Å². The van der Waals surface area contributed by atoms with Crippen LogP contribution in [0.5, 0.6) is 0 Å². The average Bonchev–Trinajstić information content (AvgIpc) is 3.26. The molecule has 0 aliphatic heterocycles. The van der Waals surface area contributed by atoms with E-state index in [0.717, 1.165) is 44.2 Å². The zero-order valence-electron chi connectivity index (χ0n) is 17.9. The minimum absolute atomic E-state index is 0.719. The van der Waals surface area contributed by atoms with Crippen LogP contribution >= 0.6 is 11.6 Å². The topological polar surface area (TPSA) is 19.0 Å². The van der Waals surface area contributed by atoms with Crippen molar-refractivity contribution in [1.29, 1.82) is 0 Å². The number of nitrogens with one attached hydrogen (secondary N) is 1. The summed E-state index contributed by atoms with van der Waals surface area (Å²) in [5.41, 5.74) is 7.39. The van der Waals surface area contributed by atoms with E-state index in [1.54, 1.807) is 0 Å². The van der Waals surface area contributed by atoms with Gasteiger partial charge >= 0.3 is 0 Å². The third kappa shape index (κ3) is 3.36. The Bertz CT molecular complexity index is 1530. The monoisotopic (exact) mass is 444 g/mol. The molecule has 0 bridgehead atoms. The maximum absolute atomic E-state index is 7.18. The van der Waals surface area contributed by atoms with Crippen molar-refractivity contribution in [1.82, 2.24) is 4.98 Å². The molecule has 6 rings (SSSR count). The highest BCUT2D eigenvalue weighted by Gasteiger charge is 2.19. The molecule has 0 amide bonds. The van der Waals surface area contributed by atoms with Gasteiger partial charge in [-0.3, -0.25) is 0 Å². The Balaban J connectivity index is 1.58. The summed E-state index contributed by atoms with van der Waals surface area (Å²) in [5, 5.41) is 3.14. The number of hydrogen-bond acceptors (Lipinski definition) is 1. The van der Waals surface area contributed by atoms with Crippen molar-refractivity contribution in [2.75, 3.05) is 4.90 Å². The minimum atomic E-state index is 0.719. The van der Waals surface area contributed by atoms with Crippen molar-refractivity contribution in [3.05, 3.63) is 126 Å². The second kappa shape index (κ2) is 8.16. The van der Waals surface area contributed by atoms with Gasteiger partial charge in [-0.05, 0) is 36.4 Å². The van der Waals surface area contributed by atoms with Gasteiger partial charge in [-0.1, -0.05) is 96.5 Å². The van der Waals surface area contributed by atoms with E-state index in [9.17, 15) is 0 Å². The molecule has 1 heterocycles. The molecule has 6 aromatic rings. The third-order valence-electron chi connectivity index (χ3n) is 6.08. The van der Waals surface area contributed by atoms with Gasteiger partial charge in [0.2, 0.25) is 0 Å². The van der Waals surface area contributed by atoms with Crippen molar-refractivity contribution in [2.24, 2.45) is 0 Å². The van der Waals surface area contributed by atoms with E-state index < -0.39 is 0 Å². The molecule has 1 N–H and O–H groups in total. The Labute approximate surface area is 197 Å². The van der Waals surface area contributed by atoms with Crippen LogP contribution in [0.3, 0.4) is 0 Å². The number of H-pyrrole nitrogens is 1. The van der Waals surface area contributed by atoms with Crippen LogP contribution in [0.1, 0.15) is 0 Å². The maximum Gasteiger partial charge on any atom is 0.0725 e. The second-order valence-electron chi connectivity index (χ2n) is 8.04. The summed E-state index contributed by atoms with van der Waals surface area (Å²) in [6, 6.07) is 41.7. The van der Waals surface area contributed by atoms with Crippen LogP contribution in [0.4, 0.5) is 17.1 Å². The number of para-hydroxylation sites is 4. The number of fused-ring (bicyclic) bond motifs is 3. The summed E-state index contributed by atoms with van der Waals surface area (Å²) >= 11 is 7.18. The molecule has 2 nitrogen and oxygen atoms in total. The average molecular weight is 445 g/mol. The van der Waals surface area contributed by atoms with E-state index in [1.807, 2.05) is 36.4 Å². The lowest BCUT2D eigenvalue weighted by Gasteiger charge is -2.27. The zero-order chi connectivity index (χ0) is 22.2. The normalized spacial score (nSPS) is 11.2. The van der Waals surface area contributed by atoms with Gasteiger partial charge in [0.15, 0.2) is 0 Å². The fourth-order valence-corrected chi connectivity index (χ4v) is 4.89. The molecule has 33 heavy (non-hydrogen) atoms. The van der Waals surface area contributed by atoms with Crippen LogP contribution in [0.2, 0.25) is 5.02 Å². The Morgan fingerprint density at radius 1 is 0.515 bits per heavy atom. The van der Waals surface area contributed by atoms with Crippen molar-refractivity contribution in [3.63, 3.8) is 0 Å². The van der Waals surface area contributed by atoms with E-state index in [4.69, 9.17) is 11.6 Å². The zero-order valence-corrected chi connectivity index (χ0v) is 18.6. The number of anilines is 3. The lowest BCUT2D eigenvalue weighted by Crippen LogP contribution is -2.10. The molecule has 0 aliphatic carbocycles. The van der Waals surface area contributed by atoms with Crippen molar-refractivity contribution in [3.8, 4) is 11.1 Å². The van der Waals surface area contributed by atoms with Crippen molar-refractivity contribution < 1.29 is 0 Å². The molecule has 0 fully saturated rings. The van der Waals surface area contributed by atoms with Crippen LogP contribution in [0, 0.1) is 0 Å². The van der Waals surface area contributed by atoms with E-state index >= 15 is 0 Å². The standard InChI is InChI=1S/C30H21ClN2/c31-29-24(26-18-9-17-25-23-15-7-8-19-27(23)32-30(25)26)16-10-20-28(29)33(21-11-3-1-4-12-21)22-13-5-2-6-14-22/h1-20,32H. The van der Waals surface area contributed by atoms with E-state index in [1.165, 1.54) is 10.8 Å². The molecule has 0 spiro atoms. The molecule has 0 radical (unpaired) electrons. The first-order valence-corrected chi connectivity index (χ1v) is 11.4. The van der Waals surface area contributed by atoms with Crippen molar-refractivity contribution >= 4 is 50.5 Å². The summed E-state index contributed by atoms with van der Waals surface area (Å²) < 4.78 is 0. The minimum Gasteiger partial charge on any atom is -0.354 e. The van der Waals surface area contributed by atoms with Gasteiger partial charge in [0.05, 0.1) is 16.2 Å². The maximum atomic E-state index is 7.18. The molecule has 0 saturated carbocycles. The summed E-state index contributed by atoms with van der Waals surface area (Å²) in [7, 11) is 0. The summed E-state index contributed by atoms with van der Waals surface area (Å²) in [6.45, 7) is 0. The molecule has 5 aromatic carbocycles. The first kappa shape index (κ1) is 19.7. The first-order chi connectivity index (χ1) is 16.3. The Morgan fingerprint density at radius 3 is 1.82 bits per heavy atom. The fourth-order valence-electron chi connectivity index (χ4n) is 4.58. The highest BCUT2D eigenvalue weighted by atomic mass is 35.5. The van der Waals surface area contributed by atoms with Gasteiger partial charge in [0, 0.05) is 38.8 Å². The van der Waals surface area contributed by atoms with Crippen LogP contribution in [0.25, 0.3) is 32.9 Å². The molecule has 0 atom stereocenters. The predicted octanol–water partition coefficient (Wildman–Crippen LogP) is 9.11. The Kier molecular flexibility index (Phi) is 4.86. The predicted molar refractivity (Wildman–Crippen MR) is 141 cm³/mol. The van der Waals surface area contributed by atoms with Crippen LogP contribution in [0.15, 0.2) is 121 Å². The SMILES string of the molecule is Clc1c(-c2cccc3c2[nH]c2ccccc23)cccc1N(c1ccccc1)c1ccccc1. The quantitative estimate of drug-likeness (QED) is 0.287. The number of rotatable bonds is 4. The summed E-state index contributed by atoms with van der Waals surface area (Å²) in [5.74, 6) is 0. The number of benzene rings is 5. The first-order valence-electron chi connectivity index (χ1n) is 11.0. The molecule has 158 valence electrons. The molecule has 0 unspecified atom stereocenters. The molecule has 0 aliphatic rings. The highest BCUT2D eigenvalue weighted by molar-refractivity contribution is 6.37. The second-order valence-corrected chi connectivity index (χ2v) is 8.42. The smallest absolute Gasteiger partial charge is 0.0725 e. The molecular weight excluding hydrogens is 424 g/mol. The lowest BCUT2D eigenvalue weighted by atomic mass is 10.0. The van der Waals surface area contributed by atoms with Crippen LogP contribution in [-0.4, -0.2) is 4.98 Å². The van der Waals surface area contributed by atoms with E-state index in [2.05, 4.69) is 94.8 Å². The molecule has 0 saturated heterocycles. The number of aromatic amines is 1. The number of hydrogen-bond donors (Lipinski definition) is 1. The van der Waals surface area contributed by atoms with Gasteiger partial charge in [-0.25, -0.2) is 0 Å². The molecule has 3 heteroatoms. The molecule has 1 aromatic heterocycles. The molecular formula is C30H21ClN2. The van der Waals surface area contributed by atoms with Crippen molar-refractivity contribution in [2.45, 2.75) is 0 Å². The lowest BCUT2D eigenvalue weighted by molar-refractivity contribution is 1.28.